The van der Waals surface area contributed by atoms with E-state index in [1.165, 1.54) is 4.68 Å². The molecule has 2 aromatic heterocycles. The molecule has 8 heteroatoms. The molecule has 32 heavy (non-hydrogen) atoms. The Morgan fingerprint density at radius 3 is 2.66 bits per heavy atom. The number of para-hydroxylation sites is 2. The standard InChI is InChI=1S/C24H25BrN6O/c1-2-3-4-7-13-27-24(32)20-21-23(30-19-12-6-5-11-18(19)29-21)31(22(20)26)28-15-16-9-8-10-17(25)14-16/h5-6,8-12,14-15H,2-4,7,13,26H2,1H3,(H,27,32). The molecular formula is C24H25BrN6O. The van der Waals surface area contributed by atoms with Crippen LogP contribution in [0.3, 0.4) is 0 Å². The van der Waals surface area contributed by atoms with Gasteiger partial charge in [0.25, 0.3) is 5.91 Å². The quantitative estimate of drug-likeness (QED) is 0.263. The molecule has 0 aliphatic heterocycles. The molecule has 0 unspecified atom stereocenters. The fourth-order valence-corrected chi connectivity index (χ4v) is 3.96. The topological polar surface area (TPSA) is 98.2 Å². The number of benzene rings is 2. The summed E-state index contributed by atoms with van der Waals surface area (Å²) in [5.41, 5.74) is 9.92. The number of anilines is 1. The number of unbranched alkanes of at least 4 members (excludes halogenated alkanes) is 3. The minimum absolute atomic E-state index is 0.215. The number of aromatic nitrogens is 3. The largest absolute Gasteiger partial charge is 0.383 e. The van der Waals surface area contributed by atoms with Gasteiger partial charge in [-0.15, -0.1) is 0 Å². The Bertz CT molecular complexity index is 1300. The minimum atomic E-state index is -0.259. The number of hydrogen-bond donors (Lipinski definition) is 2. The first-order chi connectivity index (χ1) is 15.6. The third-order valence-electron chi connectivity index (χ3n) is 5.19. The first kappa shape index (κ1) is 22.0. The molecule has 4 aromatic rings. The van der Waals surface area contributed by atoms with Crippen LogP contribution in [0.4, 0.5) is 5.82 Å². The highest BCUT2D eigenvalue weighted by atomic mass is 79.9. The lowest BCUT2D eigenvalue weighted by molar-refractivity contribution is 0.0955. The van der Waals surface area contributed by atoms with E-state index in [-0.39, 0.29) is 11.7 Å². The fourth-order valence-electron chi connectivity index (χ4n) is 3.54. The summed E-state index contributed by atoms with van der Waals surface area (Å²) in [6.45, 7) is 2.75. The molecule has 0 bridgehead atoms. The fraction of sp³-hybridized carbons (Fsp3) is 0.250. The van der Waals surface area contributed by atoms with E-state index in [9.17, 15) is 4.79 Å². The van der Waals surface area contributed by atoms with Crippen molar-refractivity contribution in [2.24, 2.45) is 5.10 Å². The molecule has 7 nitrogen and oxygen atoms in total. The number of rotatable bonds is 8. The van der Waals surface area contributed by atoms with Crippen molar-refractivity contribution < 1.29 is 4.79 Å². The zero-order valence-electron chi connectivity index (χ0n) is 17.9. The predicted molar refractivity (Wildman–Crippen MR) is 133 cm³/mol. The molecule has 2 heterocycles. The molecule has 0 aliphatic carbocycles. The molecule has 0 radical (unpaired) electrons. The summed E-state index contributed by atoms with van der Waals surface area (Å²) >= 11 is 3.46. The molecule has 1 amide bonds. The minimum Gasteiger partial charge on any atom is -0.383 e. The van der Waals surface area contributed by atoms with Gasteiger partial charge in [-0.1, -0.05) is 66.4 Å². The van der Waals surface area contributed by atoms with Crippen LogP contribution in [0.25, 0.3) is 22.2 Å². The molecule has 0 saturated carbocycles. The van der Waals surface area contributed by atoms with E-state index in [1.807, 2.05) is 48.5 Å². The second-order valence-electron chi connectivity index (χ2n) is 7.57. The summed E-state index contributed by atoms with van der Waals surface area (Å²) < 4.78 is 2.43. The maximum atomic E-state index is 13.1. The third kappa shape index (κ3) is 4.65. The molecule has 0 aliphatic rings. The van der Waals surface area contributed by atoms with Gasteiger partial charge < -0.3 is 11.1 Å². The van der Waals surface area contributed by atoms with E-state index >= 15 is 0 Å². The van der Waals surface area contributed by atoms with E-state index in [4.69, 9.17) is 15.7 Å². The van der Waals surface area contributed by atoms with Crippen molar-refractivity contribution in [2.75, 3.05) is 12.3 Å². The summed E-state index contributed by atoms with van der Waals surface area (Å²) in [6.07, 6.45) is 5.99. The highest BCUT2D eigenvalue weighted by molar-refractivity contribution is 9.10. The van der Waals surface area contributed by atoms with Crippen molar-refractivity contribution in [3.05, 3.63) is 64.1 Å². The van der Waals surface area contributed by atoms with Crippen LogP contribution in [0.15, 0.2) is 58.1 Å². The maximum absolute atomic E-state index is 13.1. The Hall–Kier alpha value is -3.26. The van der Waals surface area contributed by atoms with Crippen LogP contribution in [0.1, 0.15) is 48.5 Å². The van der Waals surface area contributed by atoms with Crippen molar-refractivity contribution in [3.8, 4) is 0 Å². The van der Waals surface area contributed by atoms with Gasteiger partial charge in [-0.25, -0.2) is 9.97 Å². The van der Waals surface area contributed by atoms with Gasteiger partial charge in [0.1, 0.15) is 16.9 Å². The van der Waals surface area contributed by atoms with Crippen molar-refractivity contribution in [1.82, 2.24) is 20.0 Å². The molecule has 3 N–H and O–H groups in total. The highest BCUT2D eigenvalue weighted by Gasteiger charge is 2.23. The summed E-state index contributed by atoms with van der Waals surface area (Å²) in [7, 11) is 0. The van der Waals surface area contributed by atoms with Crippen LogP contribution in [0.5, 0.6) is 0 Å². The van der Waals surface area contributed by atoms with Crippen LogP contribution < -0.4 is 11.1 Å². The predicted octanol–water partition coefficient (Wildman–Crippen LogP) is 5.12. The zero-order chi connectivity index (χ0) is 22.5. The number of nitrogen functional groups attached to an aromatic ring is 1. The smallest absolute Gasteiger partial charge is 0.257 e. The van der Waals surface area contributed by atoms with Gasteiger partial charge in [0.05, 0.1) is 17.2 Å². The Morgan fingerprint density at radius 2 is 1.91 bits per heavy atom. The van der Waals surface area contributed by atoms with Crippen molar-refractivity contribution >= 4 is 56.1 Å². The summed E-state index contributed by atoms with van der Waals surface area (Å²) in [6, 6.07) is 15.3. The Labute approximate surface area is 194 Å². The lowest BCUT2D eigenvalue weighted by Crippen LogP contribution is -2.25. The second kappa shape index (κ2) is 9.91. The van der Waals surface area contributed by atoms with Crippen LogP contribution in [0, 0.1) is 0 Å². The van der Waals surface area contributed by atoms with Crippen molar-refractivity contribution in [3.63, 3.8) is 0 Å². The lowest BCUT2D eigenvalue weighted by Gasteiger charge is -2.05. The number of carbonyl (C=O) groups excluding carboxylic acids is 1. The van der Waals surface area contributed by atoms with Crippen LogP contribution in [-0.2, 0) is 0 Å². The number of hydrogen-bond acceptors (Lipinski definition) is 5. The van der Waals surface area contributed by atoms with Crippen LogP contribution in [-0.4, -0.2) is 33.3 Å². The number of halogens is 1. The monoisotopic (exact) mass is 492 g/mol. The summed E-state index contributed by atoms with van der Waals surface area (Å²) in [5, 5.41) is 7.51. The van der Waals surface area contributed by atoms with E-state index in [2.05, 4.69) is 33.3 Å². The molecule has 164 valence electrons. The lowest BCUT2D eigenvalue weighted by atomic mass is 10.2. The van der Waals surface area contributed by atoms with Gasteiger partial charge in [0.15, 0.2) is 5.65 Å². The zero-order valence-corrected chi connectivity index (χ0v) is 19.5. The Kier molecular flexibility index (Phi) is 6.80. The number of nitrogens with one attached hydrogen (secondary N) is 1. The Balaban J connectivity index is 1.76. The van der Waals surface area contributed by atoms with Gasteiger partial charge >= 0.3 is 0 Å². The Morgan fingerprint density at radius 1 is 1.12 bits per heavy atom. The van der Waals surface area contributed by atoms with Gasteiger partial charge in [-0.2, -0.15) is 9.78 Å². The van der Waals surface area contributed by atoms with E-state index in [1.54, 1.807) is 6.21 Å². The van der Waals surface area contributed by atoms with E-state index in [0.29, 0.717) is 34.3 Å². The number of amides is 1. The number of carbonyl (C=O) groups is 1. The SMILES string of the molecule is CCCCCCNC(=O)c1c(N)n(N=Cc2cccc(Br)c2)c2nc3ccccc3nc12. The maximum Gasteiger partial charge on any atom is 0.257 e. The van der Waals surface area contributed by atoms with E-state index in [0.717, 1.165) is 35.7 Å². The van der Waals surface area contributed by atoms with Crippen LogP contribution in [0.2, 0.25) is 0 Å². The van der Waals surface area contributed by atoms with Crippen molar-refractivity contribution in [2.45, 2.75) is 32.6 Å². The first-order valence-corrected chi connectivity index (χ1v) is 11.5. The molecule has 0 fully saturated rings. The molecule has 0 atom stereocenters. The number of nitrogens with two attached hydrogens (primary N) is 1. The summed E-state index contributed by atoms with van der Waals surface area (Å²) in [5.74, 6) is -0.0439. The molecule has 4 rings (SSSR count). The van der Waals surface area contributed by atoms with Crippen LogP contribution >= 0.6 is 15.9 Å². The first-order valence-electron chi connectivity index (χ1n) is 10.7. The average Bonchev–Trinajstić information content (AvgIpc) is 3.06. The second-order valence-corrected chi connectivity index (χ2v) is 8.49. The molecule has 2 aromatic carbocycles. The third-order valence-corrected chi connectivity index (χ3v) is 5.68. The van der Waals surface area contributed by atoms with Gasteiger partial charge in [0, 0.05) is 11.0 Å². The average molecular weight is 493 g/mol. The van der Waals surface area contributed by atoms with Gasteiger partial charge in [-0.3, -0.25) is 4.79 Å². The van der Waals surface area contributed by atoms with Gasteiger partial charge in [0.2, 0.25) is 0 Å². The molecular weight excluding hydrogens is 468 g/mol. The van der Waals surface area contributed by atoms with E-state index < -0.39 is 0 Å². The van der Waals surface area contributed by atoms with Crippen molar-refractivity contribution in [1.29, 1.82) is 0 Å². The molecule has 0 saturated heterocycles. The molecule has 0 spiro atoms. The highest BCUT2D eigenvalue weighted by Crippen LogP contribution is 2.28. The number of fused-ring (bicyclic) bond motifs is 2. The van der Waals surface area contributed by atoms with Gasteiger partial charge in [-0.05, 0) is 36.2 Å². The normalized spacial score (nSPS) is 11.6. The number of nitrogens with zero attached hydrogens (tertiary/aromatic N) is 4. The summed E-state index contributed by atoms with van der Waals surface area (Å²) in [4.78, 5) is 22.5.